The second kappa shape index (κ2) is 7.98. The predicted octanol–water partition coefficient (Wildman–Crippen LogP) is 1.69. The third-order valence-corrected chi connectivity index (χ3v) is 3.27. The summed E-state index contributed by atoms with van der Waals surface area (Å²) >= 11 is 5.95. The number of hydrogen-bond acceptors (Lipinski definition) is 4. The highest BCUT2D eigenvalue weighted by Crippen LogP contribution is 2.17. The van der Waals surface area contributed by atoms with Gasteiger partial charge in [0.1, 0.15) is 17.0 Å². The zero-order valence-electron chi connectivity index (χ0n) is 13.6. The Balaban J connectivity index is 2.96. The van der Waals surface area contributed by atoms with E-state index in [1.807, 2.05) is 27.9 Å². The van der Waals surface area contributed by atoms with Gasteiger partial charge >= 0.3 is 0 Å². The molecular formula is C15H23ClN4O2. The molecule has 0 saturated heterocycles. The molecule has 0 saturated carbocycles. The van der Waals surface area contributed by atoms with Gasteiger partial charge in [0, 0.05) is 26.7 Å². The van der Waals surface area contributed by atoms with Crippen LogP contribution in [0.25, 0.3) is 0 Å². The van der Waals surface area contributed by atoms with Crippen molar-refractivity contribution >= 4 is 29.2 Å². The summed E-state index contributed by atoms with van der Waals surface area (Å²) in [4.78, 5) is 30.2. The molecule has 6 nitrogen and oxygen atoms in total. The average Bonchev–Trinajstić information content (AvgIpc) is 2.44. The molecule has 0 aliphatic rings. The first-order valence-corrected chi connectivity index (χ1v) is 7.49. The molecule has 1 rings (SSSR count). The molecular weight excluding hydrogens is 304 g/mol. The maximum atomic E-state index is 12.4. The van der Waals surface area contributed by atoms with Gasteiger partial charge in [0.15, 0.2) is 0 Å². The summed E-state index contributed by atoms with van der Waals surface area (Å²) in [7, 11) is 5.17. The van der Waals surface area contributed by atoms with Crippen molar-refractivity contribution < 1.29 is 9.59 Å². The van der Waals surface area contributed by atoms with Crippen LogP contribution in [-0.4, -0.2) is 44.0 Å². The minimum absolute atomic E-state index is 0.213. The monoisotopic (exact) mass is 326 g/mol. The predicted molar refractivity (Wildman–Crippen MR) is 88.3 cm³/mol. The Morgan fingerprint density at radius 1 is 1.32 bits per heavy atom. The van der Waals surface area contributed by atoms with Crippen LogP contribution < -0.4 is 15.5 Å². The van der Waals surface area contributed by atoms with E-state index in [-0.39, 0.29) is 22.9 Å². The van der Waals surface area contributed by atoms with Crippen LogP contribution in [0, 0.1) is 5.92 Å². The van der Waals surface area contributed by atoms with Crippen LogP contribution in [0.2, 0.25) is 5.15 Å². The number of nitrogens with one attached hydrogen (secondary N) is 2. The lowest BCUT2D eigenvalue weighted by Crippen LogP contribution is -2.46. The number of amides is 2. The van der Waals surface area contributed by atoms with Crippen LogP contribution in [0.5, 0.6) is 0 Å². The summed E-state index contributed by atoms with van der Waals surface area (Å²) in [6, 6.07) is 2.55. The van der Waals surface area contributed by atoms with E-state index in [1.165, 1.54) is 6.07 Å². The highest BCUT2D eigenvalue weighted by Gasteiger charge is 2.22. The number of carbonyl (C=O) groups is 2. The summed E-state index contributed by atoms with van der Waals surface area (Å²) in [6.45, 7) is 3.99. The molecule has 1 atom stereocenters. The first-order valence-electron chi connectivity index (χ1n) is 7.12. The summed E-state index contributed by atoms with van der Waals surface area (Å²) in [5, 5.41) is 5.55. The number of likely N-dealkylation sites (N-methyl/N-ethyl adjacent to an activating group) is 1. The van der Waals surface area contributed by atoms with Crippen LogP contribution in [0.3, 0.4) is 0 Å². The van der Waals surface area contributed by atoms with Crippen molar-refractivity contribution in [3.63, 3.8) is 0 Å². The SMILES string of the molecule is CNC(=O)[C@H](CC(C)C)NC(=O)c1cc(Cl)nc(N(C)C)c1. The third-order valence-electron chi connectivity index (χ3n) is 3.08. The second-order valence-corrected chi connectivity index (χ2v) is 6.09. The van der Waals surface area contributed by atoms with Gasteiger partial charge in [-0.3, -0.25) is 9.59 Å². The van der Waals surface area contributed by atoms with E-state index in [4.69, 9.17) is 11.6 Å². The molecule has 0 spiro atoms. The van der Waals surface area contributed by atoms with Gasteiger partial charge in [-0.25, -0.2) is 4.98 Å². The molecule has 0 radical (unpaired) electrons. The lowest BCUT2D eigenvalue weighted by Gasteiger charge is -2.19. The molecule has 22 heavy (non-hydrogen) atoms. The van der Waals surface area contributed by atoms with E-state index in [9.17, 15) is 9.59 Å². The van der Waals surface area contributed by atoms with Crippen LogP contribution in [0.1, 0.15) is 30.6 Å². The Kier molecular flexibility index (Phi) is 6.61. The van der Waals surface area contributed by atoms with E-state index < -0.39 is 6.04 Å². The van der Waals surface area contributed by atoms with Crippen molar-refractivity contribution in [3.8, 4) is 0 Å². The molecule has 2 amide bonds. The standard InChI is InChI=1S/C15H23ClN4O2/c1-9(2)6-11(15(22)17-3)18-14(21)10-7-12(16)19-13(8-10)20(4)5/h7-9,11H,6H2,1-5H3,(H,17,22)(H,18,21)/t11-/m0/s1. The topological polar surface area (TPSA) is 74.3 Å². The van der Waals surface area contributed by atoms with Gasteiger partial charge in [0.2, 0.25) is 5.91 Å². The van der Waals surface area contributed by atoms with Gasteiger partial charge in [-0.1, -0.05) is 25.4 Å². The van der Waals surface area contributed by atoms with E-state index >= 15 is 0 Å². The van der Waals surface area contributed by atoms with Crippen LogP contribution in [0.4, 0.5) is 5.82 Å². The molecule has 7 heteroatoms. The van der Waals surface area contributed by atoms with Gasteiger partial charge in [0.25, 0.3) is 5.91 Å². The molecule has 0 bridgehead atoms. The Morgan fingerprint density at radius 2 is 1.95 bits per heavy atom. The van der Waals surface area contributed by atoms with E-state index in [1.54, 1.807) is 18.0 Å². The highest BCUT2D eigenvalue weighted by atomic mass is 35.5. The average molecular weight is 327 g/mol. The summed E-state index contributed by atoms with van der Waals surface area (Å²) < 4.78 is 0. The molecule has 0 aliphatic heterocycles. The molecule has 1 aromatic heterocycles. The van der Waals surface area contributed by atoms with Crippen molar-refractivity contribution in [1.82, 2.24) is 15.6 Å². The molecule has 0 unspecified atom stereocenters. The Labute approximate surface area is 136 Å². The summed E-state index contributed by atoms with van der Waals surface area (Å²) in [6.07, 6.45) is 0.560. The Bertz CT molecular complexity index is 546. The summed E-state index contributed by atoms with van der Waals surface area (Å²) in [5.41, 5.74) is 0.376. The van der Waals surface area contributed by atoms with Crippen LogP contribution in [0.15, 0.2) is 12.1 Å². The minimum atomic E-state index is -0.577. The van der Waals surface area contributed by atoms with Gasteiger partial charge in [-0.05, 0) is 24.5 Å². The van der Waals surface area contributed by atoms with Gasteiger partial charge in [-0.15, -0.1) is 0 Å². The second-order valence-electron chi connectivity index (χ2n) is 5.70. The fourth-order valence-electron chi connectivity index (χ4n) is 1.96. The highest BCUT2D eigenvalue weighted by molar-refractivity contribution is 6.30. The number of aromatic nitrogens is 1. The largest absolute Gasteiger partial charge is 0.363 e. The van der Waals surface area contributed by atoms with Crippen LogP contribution >= 0.6 is 11.6 Å². The van der Waals surface area contributed by atoms with Crippen molar-refractivity contribution in [1.29, 1.82) is 0 Å². The van der Waals surface area contributed by atoms with Crippen molar-refractivity contribution in [3.05, 3.63) is 22.8 Å². The zero-order valence-corrected chi connectivity index (χ0v) is 14.4. The zero-order chi connectivity index (χ0) is 16.9. The maximum Gasteiger partial charge on any atom is 0.252 e. The summed E-state index contributed by atoms with van der Waals surface area (Å²) in [5.74, 6) is 0.302. The molecule has 0 aliphatic carbocycles. The van der Waals surface area contributed by atoms with E-state index in [2.05, 4.69) is 15.6 Å². The number of pyridine rings is 1. The fourth-order valence-corrected chi connectivity index (χ4v) is 2.17. The molecule has 0 aromatic carbocycles. The minimum Gasteiger partial charge on any atom is -0.363 e. The quantitative estimate of drug-likeness (QED) is 0.780. The van der Waals surface area contributed by atoms with Crippen molar-refractivity contribution in [2.24, 2.45) is 5.92 Å². The van der Waals surface area contributed by atoms with Crippen LogP contribution in [-0.2, 0) is 4.79 Å². The number of anilines is 1. The third kappa shape index (κ3) is 5.18. The Hall–Kier alpha value is -1.82. The first-order chi connectivity index (χ1) is 10.2. The van der Waals surface area contributed by atoms with Gasteiger partial charge < -0.3 is 15.5 Å². The number of rotatable bonds is 6. The molecule has 1 aromatic rings. The normalized spacial score (nSPS) is 12.0. The van der Waals surface area contributed by atoms with E-state index in [0.717, 1.165) is 0 Å². The smallest absolute Gasteiger partial charge is 0.252 e. The van der Waals surface area contributed by atoms with Gasteiger partial charge in [-0.2, -0.15) is 0 Å². The van der Waals surface area contributed by atoms with Crippen molar-refractivity contribution in [2.75, 3.05) is 26.0 Å². The molecule has 122 valence electrons. The lowest BCUT2D eigenvalue weighted by atomic mass is 10.0. The fraction of sp³-hybridized carbons (Fsp3) is 0.533. The Morgan fingerprint density at radius 3 is 2.45 bits per heavy atom. The number of carbonyl (C=O) groups excluding carboxylic acids is 2. The molecule has 1 heterocycles. The van der Waals surface area contributed by atoms with Gasteiger partial charge in [0.05, 0.1) is 0 Å². The first kappa shape index (κ1) is 18.2. The maximum absolute atomic E-state index is 12.4. The lowest BCUT2D eigenvalue weighted by molar-refractivity contribution is -0.122. The number of hydrogen-bond donors (Lipinski definition) is 2. The molecule has 2 N–H and O–H groups in total. The van der Waals surface area contributed by atoms with Crippen molar-refractivity contribution in [2.45, 2.75) is 26.3 Å². The number of halogens is 1. The molecule has 0 fully saturated rings. The van der Waals surface area contributed by atoms with E-state index in [0.29, 0.717) is 17.8 Å². The number of nitrogens with zero attached hydrogens (tertiary/aromatic N) is 2.